The van der Waals surface area contributed by atoms with Crippen molar-refractivity contribution in [3.63, 3.8) is 0 Å². The monoisotopic (exact) mass is 337 g/mol. The molecule has 1 heterocycles. The Balaban J connectivity index is 2.37. The van der Waals surface area contributed by atoms with Crippen molar-refractivity contribution in [2.75, 3.05) is 13.2 Å². The molecule has 1 aliphatic heterocycles. The summed E-state index contributed by atoms with van der Waals surface area (Å²) >= 11 is 3.59. The maximum atomic E-state index is 12.3. The Hall–Kier alpha value is -1.29. The minimum atomic E-state index is 0.0696. The van der Waals surface area contributed by atoms with Crippen LogP contribution in [0.25, 0.3) is 5.70 Å². The van der Waals surface area contributed by atoms with E-state index in [4.69, 9.17) is 4.74 Å². The first-order chi connectivity index (χ1) is 9.58. The van der Waals surface area contributed by atoms with Gasteiger partial charge in [0.05, 0.1) is 6.61 Å². The van der Waals surface area contributed by atoms with Crippen LogP contribution in [0.4, 0.5) is 0 Å². The van der Waals surface area contributed by atoms with Crippen LogP contribution in [-0.4, -0.2) is 24.0 Å². The SMILES string of the molecule is CCOc1ccc(C2=CCC(C)C(=O)N2CC)c(Br)c1. The molecule has 0 bridgehead atoms. The first kappa shape index (κ1) is 15.1. The number of amides is 1. The van der Waals surface area contributed by atoms with Gasteiger partial charge in [-0.2, -0.15) is 0 Å². The van der Waals surface area contributed by atoms with Crippen molar-refractivity contribution >= 4 is 27.5 Å². The molecule has 1 atom stereocenters. The summed E-state index contributed by atoms with van der Waals surface area (Å²) in [5.74, 6) is 1.10. The average Bonchev–Trinajstić information content (AvgIpc) is 2.43. The number of hydrogen-bond donors (Lipinski definition) is 0. The number of carbonyl (C=O) groups excluding carboxylic acids is 1. The van der Waals surface area contributed by atoms with E-state index < -0.39 is 0 Å². The largest absolute Gasteiger partial charge is 0.494 e. The van der Waals surface area contributed by atoms with E-state index in [0.717, 1.165) is 27.9 Å². The van der Waals surface area contributed by atoms with Gasteiger partial charge in [-0.15, -0.1) is 0 Å². The molecular weight excluding hydrogens is 318 g/mol. The molecule has 1 unspecified atom stereocenters. The first-order valence-electron chi connectivity index (χ1n) is 7.02. The highest BCUT2D eigenvalue weighted by Gasteiger charge is 2.27. The van der Waals surface area contributed by atoms with Crippen molar-refractivity contribution < 1.29 is 9.53 Å². The van der Waals surface area contributed by atoms with Gasteiger partial charge in [0.25, 0.3) is 0 Å². The van der Waals surface area contributed by atoms with Gasteiger partial charge in [0.1, 0.15) is 5.75 Å². The minimum absolute atomic E-state index is 0.0696. The molecule has 1 aromatic rings. The van der Waals surface area contributed by atoms with Crippen molar-refractivity contribution in [2.45, 2.75) is 27.2 Å². The molecule has 2 rings (SSSR count). The Morgan fingerprint density at radius 1 is 1.40 bits per heavy atom. The van der Waals surface area contributed by atoms with Gasteiger partial charge in [-0.3, -0.25) is 4.79 Å². The van der Waals surface area contributed by atoms with E-state index in [1.54, 1.807) is 0 Å². The first-order valence-corrected chi connectivity index (χ1v) is 7.82. The van der Waals surface area contributed by atoms with Crippen LogP contribution in [-0.2, 0) is 4.79 Å². The number of nitrogens with zero attached hydrogens (tertiary/aromatic N) is 1. The standard InChI is InChI=1S/C16H20BrNO2/c1-4-18-15(9-6-11(3)16(18)19)13-8-7-12(20-5-2)10-14(13)17/h7-11H,4-6H2,1-3H3. The van der Waals surface area contributed by atoms with Crippen LogP contribution >= 0.6 is 15.9 Å². The predicted octanol–water partition coefficient (Wildman–Crippen LogP) is 4.08. The van der Waals surface area contributed by atoms with Gasteiger partial charge in [-0.05, 0) is 54.4 Å². The zero-order valence-corrected chi connectivity index (χ0v) is 13.7. The van der Waals surface area contributed by atoms with Crippen molar-refractivity contribution in [1.82, 2.24) is 4.90 Å². The summed E-state index contributed by atoms with van der Waals surface area (Å²) in [4.78, 5) is 14.1. The number of halogens is 1. The van der Waals surface area contributed by atoms with Gasteiger partial charge in [-0.25, -0.2) is 0 Å². The summed E-state index contributed by atoms with van der Waals surface area (Å²) < 4.78 is 6.44. The summed E-state index contributed by atoms with van der Waals surface area (Å²) in [5.41, 5.74) is 2.03. The third-order valence-electron chi connectivity index (χ3n) is 3.49. The van der Waals surface area contributed by atoms with Crippen molar-refractivity contribution in [2.24, 2.45) is 5.92 Å². The lowest BCUT2D eigenvalue weighted by molar-refractivity contribution is -0.131. The summed E-state index contributed by atoms with van der Waals surface area (Å²) in [5, 5.41) is 0. The molecule has 0 aliphatic carbocycles. The van der Waals surface area contributed by atoms with E-state index in [9.17, 15) is 4.79 Å². The lowest BCUT2D eigenvalue weighted by Gasteiger charge is -2.31. The molecule has 108 valence electrons. The Labute approximate surface area is 128 Å². The van der Waals surface area contributed by atoms with E-state index >= 15 is 0 Å². The maximum absolute atomic E-state index is 12.3. The third kappa shape index (κ3) is 2.90. The molecule has 0 aromatic heterocycles. The molecule has 1 aromatic carbocycles. The zero-order chi connectivity index (χ0) is 14.7. The van der Waals surface area contributed by atoms with Crippen LogP contribution in [0.5, 0.6) is 5.75 Å². The van der Waals surface area contributed by atoms with Gasteiger partial charge in [0.2, 0.25) is 5.91 Å². The van der Waals surface area contributed by atoms with Gasteiger partial charge >= 0.3 is 0 Å². The van der Waals surface area contributed by atoms with Crippen LogP contribution in [0, 0.1) is 5.92 Å². The highest BCUT2D eigenvalue weighted by atomic mass is 79.9. The Bertz CT molecular complexity index is 539. The molecular formula is C16H20BrNO2. The normalized spacial score (nSPS) is 19.0. The fraction of sp³-hybridized carbons (Fsp3) is 0.438. The van der Waals surface area contributed by atoms with Gasteiger partial charge in [0.15, 0.2) is 0 Å². The Morgan fingerprint density at radius 2 is 2.15 bits per heavy atom. The number of hydrogen-bond acceptors (Lipinski definition) is 2. The van der Waals surface area contributed by atoms with Crippen molar-refractivity contribution in [3.05, 3.63) is 34.3 Å². The van der Waals surface area contributed by atoms with E-state index in [1.807, 2.05) is 43.9 Å². The van der Waals surface area contributed by atoms with Crippen molar-refractivity contribution in [1.29, 1.82) is 0 Å². The number of benzene rings is 1. The molecule has 0 spiro atoms. The fourth-order valence-electron chi connectivity index (χ4n) is 2.43. The smallest absolute Gasteiger partial charge is 0.230 e. The third-order valence-corrected chi connectivity index (χ3v) is 4.14. The lowest BCUT2D eigenvalue weighted by atomic mass is 9.97. The molecule has 20 heavy (non-hydrogen) atoms. The van der Waals surface area contributed by atoms with Gasteiger partial charge in [-0.1, -0.05) is 13.0 Å². The van der Waals surface area contributed by atoms with Crippen LogP contribution in [0.1, 0.15) is 32.8 Å². The predicted molar refractivity (Wildman–Crippen MR) is 84.5 cm³/mol. The van der Waals surface area contributed by atoms with Crippen LogP contribution in [0.3, 0.4) is 0 Å². The minimum Gasteiger partial charge on any atom is -0.494 e. The average molecular weight is 338 g/mol. The van der Waals surface area contributed by atoms with Crippen molar-refractivity contribution in [3.8, 4) is 5.75 Å². The number of carbonyl (C=O) groups is 1. The molecule has 4 heteroatoms. The topological polar surface area (TPSA) is 29.5 Å². The van der Waals surface area contributed by atoms with E-state index in [0.29, 0.717) is 13.2 Å². The van der Waals surface area contributed by atoms with E-state index in [-0.39, 0.29) is 11.8 Å². The summed E-state index contributed by atoms with van der Waals surface area (Å²) in [6.07, 6.45) is 2.94. The fourth-order valence-corrected chi connectivity index (χ4v) is 2.99. The zero-order valence-electron chi connectivity index (χ0n) is 12.1. The number of allylic oxidation sites excluding steroid dienone is 1. The molecule has 0 fully saturated rings. The van der Waals surface area contributed by atoms with Gasteiger partial charge in [0, 0.05) is 28.2 Å². The van der Waals surface area contributed by atoms with E-state index in [2.05, 4.69) is 22.0 Å². The summed E-state index contributed by atoms with van der Waals surface area (Å²) in [7, 11) is 0. The van der Waals surface area contributed by atoms with Crippen LogP contribution < -0.4 is 4.74 Å². The molecule has 1 amide bonds. The molecule has 0 saturated carbocycles. The lowest BCUT2D eigenvalue weighted by Crippen LogP contribution is -2.36. The van der Waals surface area contributed by atoms with Crippen LogP contribution in [0.15, 0.2) is 28.7 Å². The second-order valence-corrected chi connectivity index (χ2v) is 5.74. The van der Waals surface area contributed by atoms with Gasteiger partial charge < -0.3 is 9.64 Å². The number of ether oxygens (including phenoxy) is 1. The summed E-state index contributed by atoms with van der Waals surface area (Å²) in [6.45, 7) is 7.28. The molecule has 0 saturated heterocycles. The van der Waals surface area contributed by atoms with E-state index in [1.165, 1.54) is 0 Å². The molecule has 0 N–H and O–H groups in total. The molecule has 1 aliphatic rings. The van der Waals surface area contributed by atoms with Crippen LogP contribution in [0.2, 0.25) is 0 Å². The maximum Gasteiger partial charge on any atom is 0.230 e. The second-order valence-electron chi connectivity index (χ2n) is 4.88. The highest BCUT2D eigenvalue weighted by Crippen LogP contribution is 2.34. The Morgan fingerprint density at radius 3 is 2.75 bits per heavy atom. The molecule has 3 nitrogen and oxygen atoms in total. The second kappa shape index (κ2) is 6.44. The highest BCUT2D eigenvalue weighted by molar-refractivity contribution is 9.10. The molecule has 0 radical (unpaired) electrons. The quantitative estimate of drug-likeness (QED) is 0.828. The number of rotatable bonds is 4. The Kier molecular flexibility index (Phi) is 4.86. The summed E-state index contributed by atoms with van der Waals surface area (Å²) in [6, 6.07) is 5.91.